The molecule has 0 bridgehead atoms. The van der Waals surface area contributed by atoms with Gasteiger partial charge in [0.15, 0.2) is 18.1 Å². The molecule has 23 heavy (non-hydrogen) atoms. The summed E-state index contributed by atoms with van der Waals surface area (Å²) in [5.41, 5.74) is 0.712. The Morgan fingerprint density at radius 3 is 2.35 bits per heavy atom. The number of ether oxygens (including phenoxy) is 2. The van der Waals surface area contributed by atoms with Gasteiger partial charge in [0.25, 0.3) is 5.91 Å². The summed E-state index contributed by atoms with van der Waals surface area (Å²) in [6.07, 6.45) is 1.50. The van der Waals surface area contributed by atoms with Crippen LogP contribution in [0.1, 0.15) is 33.3 Å². The summed E-state index contributed by atoms with van der Waals surface area (Å²) < 4.78 is 10.5. The van der Waals surface area contributed by atoms with Crippen LogP contribution < -0.4 is 9.47 Å². The van der Waals surface area contributed by atoms with Gasteiger partial charge in [0.1, 0.15) is 0 Å². The molecule has 1 aromatic carbocycles. The zero-order chi connectivity index (χ0) is 17.4. The first-order valence-electron chi connectivity index (χ1n) is 7.59. The first-order valence-corrected chi connectivity index (χ1v) is 7.59. The molecular formula is C17H26N2O4. The highest BCUT2D eigenvalue weighted by Crippen LogP contribution is 2.29. The molecule has 0 N–H and O–H groups in total. The highest BCUT2D eigenvalue weighted by atomic mass is 16.6. The highest BCUT2D eigenvalue weighted by molar-refractivity contribution is 5.85. The summed E-state index contributed by atoms with van der Waals surface area (Å²) in [6, 6.07) is 5.68. The van der Waals surface area contributed by atoms with Crippen LogP contribution in [0.3, 0.4) is 0 Å². The van der Waals surface area contributed by atoms with Crippen LogP contribution in [0.2, 0.25) is 0 Å². The van der Waals surface area contributed by atoms with E-state index < -0.39 is 0 Å². The number of hydrogen-bond donors (Lipinski definition) is 0. The lowest BCUT2D eigenvalue weighted by atomic mass is 10.2. The molecule has 6 nitrogen and oxygen atoms in total. The molecule has 1 amide bonds. The predicted octanol–water partition coefficient (Wildman–Crippen LogP) is 2.70. The quantitative estimate of drug-likeness (QED) is 0.545. The lowest BCUT2D eigenvalue weighted by Crippen LogP contribution is -2.43. The van der Waals surface area contributed by atoms with Crippen molar-refractivity contribution in [2.24, 2.45) is 5.16 Å². The summed E-state index contributed by atoms with van der Waals surface area (Å²) >= 11 is 0. The minimum Gasteiger partial charge on any atom is -0.493 e. The van der Waals surface area contributed by atoms with Crippen molar-refractivity contribution < 1.29 is 19.1 Å². The van der Waals surface area contributed by atoms with E-state index in [4.69, 9.17) is 14.3 Å². The van der Waals surface area contributed by atoms with E-state index in [2.05, 4.69) is 5.16 Å². The van der Waals surface area contributed by atoms with Gasteiger partial charge < -0.3 is 19.2 Å². The fourth-order valence-electron chi connectivity index (χ4n) is 2.45. The van der Waals surface area contributed by atoms with Gasteiger partial charge >= 0.3 is 0 Å². The van der Waals surface area contributed by atoms with Crippen LogP contribution in [0.25, 0.3) is 0 Å². The number of carbonyl (C=O) groups is 1. The lowest BCUT2D eigenvalue weighted by Gasteiger charge is -2.30. The number of amides is 1. The van der Waals surface area contributed by atoms with Crippen LogP contribution in [0.15, 0.2) is 23.4 Å². The predicted molar refractivity (Wildman–Crippen MR) is 90.2 cm³/mol. The Kier molecular flexibility index (Phi) is 7.38. The van der Waals surface area contributed by atoms with Gasteiger partial charge in [0.05, 0.1) is 20.4 Å². The molecule has 6 heteroatoms. The fourth-order valence-corrected chi connectivity index (χ4v) is 2.45. The molecule has 0 unspecified atom stereocenters. The van der Waals surface area contributed by atoms with Crippen molar-refractivity contribution in [3.05, 3.63) is 23.8 Å². The van der Waals surface area contributed by atoms with E-state index in [1.807, 2.05) is 39.8 Å². The highest BCUT2D eigenvalue weighted by Gasteiger charge is 2.20. The second-order valence-corrected chi connectivity index (χ2v) is 5.58. The largest absolute Gasteiger partial charge is 0.493 e. The number of nitrogens with zero attached hydrogens (tertiary/aromatic N) is 2. The van der Waals surface area contributed by atoms with Crippen LogP contribution >= 0.6 is 0 Å². The van der Waals surface area contributed by atoms with Crippen molar-refractivity contribution >= 4 is 12.1 Å². The summed E-state index contributed by atoms with van der Waals surface area (Å²) in [5.74, 6) is 1.09. The van der Waals surface area contributed by atoms with E-state index in [-0.39, 0.29) is 24.6 Å². The molecule has 1 rings (SSSR count). The van der Waals surface area contributed by atoms with Crippen LogP contribution in [-0.4, -0.2) is 49.9 Å². The Morgan fingerprint density at radius 1 is 1.17 bits per heavy atom. The van der Waals surface area contributed by atoms with Gasteiger partial charge in [-0.05, 0) is 39.8 Å². The summed E-state index contributed by atoms with van der Waals surface area (Å²) in [6.45, 7) is 7.80. The van der Waals surface area contributed by atoms with E-state index in [1.54, 1.807) is 25.2 Å². The monoisotopic (exact) mass is 322 g/mol. The van der Waals surface area contributed by atoms with E-state index in [1.165, 1.54) is 6.21 Å². The molecular weight excluding hydrogens is 296 g/mol. The van der Waals surface area contributed by atoms with Gasteiger partial charge in [-0.3, -0.25) is 4.79 Å². The maximum atomic E-state index is 12.1. The second kappa shape index (κ2) is 9.02. The van der Waals surface area contributed by atoms with Gasteiger partial charge in [-0.15, -0.1) is 0 Å². The maximum Gasteiger partial charge on any atom is 0.263 e. The molecule has 0 atom stereocenters. The lowest BCUT2D eigenvalue weighted by molar-refractivity contribution is -0.139. The zero-order valence-electron chi connectivity index (χ0n) is 14.7. The minimum absolute atomic E-state index is 0.0928. The van der Waals surface area contributed by atoms with Crippen LogP contribution in [0.4, 0.5) is 0 Å². The molecule has 1 aromatic rings. The summed E-state index contributed by atoms with van der Waals surface area (Å²) in [4.78, 5) is 19.0. The van der Waals surface area contributed by atoms with Crippen molar-refractivity contribution in [3.8, 4) is 11.5 Å². The SMILES string of the molecule is COc1cccc(/C=N\OCC(=O)N(C(C)C)C(C)C)c1OC. The van der Waals surface area contributed by atoms with Crippen molar-refractivity contribution in [2.75, 3.05) is 20.8 Å². The first kappa shape index (κ1) is 18.8. The Labute approximate surface area is 138 Å². The van der Waals surface area contributed by atoms with Gasteiger partial charge in [-0.1, -0.05) is 11.2 Å². The standard InChI is InChI=1S/C17H26N2O4/c1-12(2)19(13(3)4)16(20)11-23-18-10-14-8-7-9-15(21-5)17(14)22-6/h7-10,12-13H,11H2,1-6H3/b18-10-. The smallest absolute Gasteiger partial charge is 0.263 e. The number of methoxy groups -OCH3 is 2. The van der Waals surface area contributed by atoms with E-state index in [0.29, 0.717) is 17.1 Å². The number of carbonyl (C=O) groups excluding carboxylic acids is 1. The average molecular weight is 322 g/mol. The van der Waals surface area contributed by atoms with Gasteiger partial charge in [0, 0.05) is 17.6 Å². The molecule has 0 fully saturated rings. The molecule has 0 radical (unpaired) electrons. The Morgan fingerprint density at radius 2 is 1.83 bits per heavy atom. The molecule has 0 heterocycles. The number of rotatable bonds is 8. The van der Waals surface area contributed by atoms with Crippen molar-refractivity contribution in [3.63, 3.8) is 0 Å². The topological polar surface area (TPSA) is 60.4 Å². The maximum absolute atomic E-state index is 12.1. The summed E-state index contributed by atoms with van der Waals surface area (Å²) in [5, 5.41) is 3.86. The van der Waals surface area contributed by atoms with Crippen molar-refractivity contribution in [2.45, 2.75) is 39.8 Å². The number of benzene rings is 1. The molecule has 0 saturated heterocycles. The van der Waals surface area contributed by atoms with Gasteiger partial charge in [-0.2, -0.15) is 0 Å². The fraction of sp³-hybridized carbons (Fsp3) is 0.529. The summed E-state index contributed by atoms with van der Waals surface area (Å²) in [7, 11) is 3.13. The van der Waals surface area contributed by atoms with Crippen LogP contribution in [0, 0.1) is 0 Å². The second-order valence-electron chi connectivity index (χ2n) is 5.58. The van der Waals surface area contributed by atoms with Crippen molar-refractivity contribution in [1.29, 1.82) is 0 Å². The van der Waals surface area contributed by atoms with Crippen molar-refractivity contribution in [1.82, 2.24) is 4.90 Å². The Bertz CT molecular complexity index is 533. The zero-order valence-corrected chi connectivity index (χ0v) is 14.7. The van der Waals surface area contributed by atoms with Gasteiger partial charge in [-0.25, -0.2) is 0 Å². The number of hydrogen-bond acceptors (Lipinski definition) is 5. The third-order valence-corrected chi connectivity index (χ3v) is 3.29. The van der Waals surface area contributed by atoms with Gasteiger partial charge in [0.2, 0.25) is 0 Å². The normalized spacial score (nSPS) is 11.1. The molecule has 0 aromatic heterocycles. The third kappa shape index (κ3) is 5.16. The minimum atomic E-state index is -0.0981. The number of para-hydroxylation sites is 1. The Balaban J connectivity index is 2.69. The molecule has 0 aliphatic rings. The molecule has 0 spiro atoms. The van der Waals surface area contributed by atoms with E-state index in [9.17, 15) is 4.79 Å². The van der Waals surface area contributed by atoms with E-state index in [0.717, 1.165) is 0 Å². The molecule has 0 aliphatic carbocycles. The average Bonchev–Trinajstić information content (AvgIpc) is 2.50. The number of oxime groups is 1. The van der Waals surface area contributed by atoms with Crippen LogP contribution in [0.5, 0.6) is 11.5 Å². The molecule has 0 saturated carbocycles. The third-order valence-electron chi connectivity index (χ3n) is 3.29. The molecule has 128 valence electrons. The van der Waals surface area contributed by atoms with E-state index >= 15 is 0 Å². The Hall–Kier alpha value is -2.24. The molecule has 0 aliphatic heterocycles. The van der Waals surface area contributed by atoms with Crippen LogP contribution in [-0.2, 0) is 9.63 Å². The first-order chi connectivity index (χ1) is 10.9.